The Hall–Kier alpha value is -1.90. The van der Waals surface area contributed by atoms with Gasteiger partial charge in [0.25, 0.3) is 0 Å². The highest BCUT2D eigenvalue weighted by atomic mass is 33.1. The number of carbonyl (C=O) groups excluding carboxylic acids is 1. The number of carboxylic acids is 1. The molecule has 2 atom stereocenters. The van der Waals surface area contributed by atoms with Crippen molar-refractivity contribution >= 4 is 39.8 Å². The lowest BCUT2D eigenvalue weighted by atomic mass is 10.1. The van der Waals surface area contributed by atoms with Gasteiger partial charge in [0, 0.05) is 47.7 Å². The van der Waals surface area contributed by atoms with Gasteiger partial charge in [-0.2, -0.15) is 0 Å². The third-order valence-corrected chi connectivity index (χ3v) is 8.08. The number of rotatable bonds is 15. The second-order valence-electron chi connectivity index (χ2n) is 8.28. The molecule has 0 radical (unpaired) electrons. The van der Waals surface area contributed by atoms with Gasteiger partial charge in [0.1, 0.15) is 17.7 Å². The molecule has 204 valence electrons. The van der Waals surface area contributed by atoms with Crippen molar-refractivity contribution in [3.63, 3.8) is 0 Å². The summed E-state index contributed by atoms with van der Waals surface area (Å²) in [6.07, 6.45) is 7.60. The van der Waals surface area contributed by atoms with Crippen LogP contribution in [0.4, 0.5) is 5.82 Å². The zero-order chi connectivity index (χ0) is 26.9. The van der Waals surface area contributed by atoms with E-state index < -0.39 is 12.0 Å². The first-order valence-corrected chi connectivity index (χ1v) is 14.2. The number of carboxylic acid groups (broad SMARTS) is 1. The van der Waals surface area contributed by atoms with Gasteiger partial charge in [0.15, 0.2) is 0 Å². The maximum absolute atomic E-state index is 11.6. The number of aromatic nitrogens is 2. The van der Waals surface area contributed by atoms with E-state index in [1.165, 1.54) is 0 Å². The van der Waals surface area contributed by atoms with Crippen LogP contribution in [0.2, 0.25) is 0 Å². The smallest absolute Gasteiger partial charge is 0.320 e. The Morgan fingerprint density at radius 1 is 1.42 bits per heavy atom. The van der Waals surface area contributed by atoms with Crippen LogP contribution in [0.3, 0.4) is 0 Å². The standard InChI is InChI=1S/C17H26N4O3S2.C6H14N2O2/c1-12(16(5-6-22)26-25-10-15-4-3-7-24-15)21(11-23)9-14-8-19-13(2)20-17(14)18;7-4-2-1-3-5(8)6(9)10/h8,11,15,22H,3-7,9-10H2,1-2H3,(H2,18,19,20);5H,1-4,7-8H2,(H,9,10)/b16-12+;. The summed E-state index contributed by atoms with van der Waals surface area (Å²) in [7, 11) is 3.29. The molecule has 8 N–H and O–H groups in total. The van der Waals surface area contributed by atoms with E-state index in [0.29, 0.717) is 49.2 Å². The number of amides is 1. The lowest BCUT2D eigenvalue weighted by molar-refractivity contribution is -0.138. The number of allylic oxidation sites excluding steroid dienone is 1. The third kappa shape index (κ3) is 12.4. The van der Waals surface area contributed by atoms with Gasteiger partial charge >= 0.3 is 5.97 Å². The summed E-state index contributed by atoms with van der Waals surface area (Å²) in [6.45, 7) is 5.42. The van der Waals surface area contributed by atoms with Gasteiger partial charge in [0.05, 0.1) is 12.6 Å². The van der Waals surface area contributed by atoms with Crippen LogP contribution in [0.25, 0.3) is 0 Å². The van der Waals surface area contributed by atoms with Crippen LogP contribution in [-0.4, -0.2) is 75.1 Å². The van der Waals surface area contributed by atoms with Crippen LogP contribution in [0, 0.1) is 6.92 Å². The van der Waals surface area contributed by atoms with E-state index >= 15 is 0 Å². The van der Waals surface area contributed by atoms with E-state index in [9.17, 15) is 14.7 Å². The summed E-state index contributed by atoms with van der Waals surface area (Å²) in [6, 6.07) is -0.716. The molecule has 11 nitrogen and oxygen atoms in total. The van der Waals surface area contributed by atoms with Gasteiger partial charge in [-0.1, -0.05) is 28.0 Å². The van der Waals surface area contributed by atoms with Crippen LogP contribution < -0.4 is 17.2 Å². The fourth-order valence-corrected chi connectivity index (χ4v) is 5.92. The zero-order valence-electron chi connectivity index (χ0n) is 21.1. The monoisotopic (exact) mass is 544 g/mol. The molecule has 0 aliphatic carbocycles. The van der Waals surface area contributed by atoms with E-state index in [0.717, 1.165) is 55.1 Å². The molecule has 1 amide bonds. The average molecular weight is 545 g/mol. The van der Waals surface area contributed by atoms with Crippen LogP contribution in [0.15, 0.2) is 16.8 Å². The van der Waals surface area contributed by atoms with Crippen molar-refractivity contribution in [2.75, 3.05) is 31.2 Å². The molecule has 0 spiro atoms. The summed E-state index contributed by atoms with van der Waals surface area (Å²) in [5, 5.41) is 17.7. The van der Waals surface area contributed by atoms with E-state index in [2.05, 4.69) is 9.97 Å². The molecule has 0 saturated carbocycles. The topological polar surface area (TPSA) is 191 Å². The normalized spacial score (nSPS) is 16.5. The number of ether oxygens (including phenoxy) is 1. The molecule has 2 heterocycles. The molecule has 13 heteroatoms. The first kappa shape index (κ1) is 32.1. The van der Waals surface area contributed by atoms with Crippen molar-refractivity contribution in [2.45, 2.75) is 71.1 Å². The average Bonchev–Trinajstić information content (AvgIpc) is 3.37. The number of aliphatic hydroxyl groups is 1. The maximum Gasteiger partial charge on any atom is 0.320 e. The van der Waals surface area contributed by atoms with Gasteiger partial charge in [-0.15, -0.1) is 0 Å². The lowest BCUT2D eigenvalue weighted by Gasteiger charge is -2.22. The van der Waals surface area contributed by atoms with E-state index in [1.54, 1.807) is 39.6 Å². The molecule has 2 rings (SSSR count). The number of nitrogens with two attached hydrogens (primary N) is 3. The second kappa shape index (κ2) is 18.4. The Morgan fingerprint density at radius 2 is 2.17 bits per heavy atom. The van der Waals surface area contributed by atoms with Gasteiger partial charge in [-0.05, 0) is 46.1 Å². The maximum atomic E-state index is 11.6. The minimum Gasteiger partial charge on any atom is -0.480 e. The second-order valence-corrected chi connectivity index (χ2v) is 10.7. The molecule has 0 aromatic carbocycles. The van der Waals surface area contributed by atoms with Crippen LogP contribution in [0.1, 0.15) is 56.8 Å². The summed E-state index contributed by atoms with van der Waals surface area (Å²) in [5.41, 5.74) is 17.9. The fraction of sp³-hybridized carbons (Fsp3) is 0.652. The van der Waals surface area contributed by atoms with E-state index in [1.807, 2.05) is 6.92 Å². The molecule has 1 saturated heterocycles. The Bertz CT molecular complexity index is 839. The van der Waals surface area contributed by atoms with Crippen molar-refractivity contribution in [2.24, 2.45) is 11.5 Å². The lowest BCUT2D eigenvalue weighted by Crippen LogP contribution is -2.29. The van der Waals surface area contributed by atoms with Crippen molar-refractivity contribution in [1.29, 1.82) is 0 Å². The van der Waals surface area contributed by atoms with E-state index in [-0.39, 0.29) is 6.61 Å². The Balaban J connectivity index is 0.000000548. The SMILES string of the molecule is C/C(=C(/CCO)SSCC1CCCO1)N(C=O)Cc1cnc(C)nc1N.NCCCCC(N)C(=O)O. The number of hydrogen-bond donors (Lipinski definition) is 5. The molecule has 1 aliphatic rings. The van der Waals surface area contributed by atoms with Crippen molar-refractivity contribution < 1.29 is 24.5 Å². The Labute approximate surface area is 221 Å². The molecule has 36 heavy (non-hydrogen) atoms. The summed E-state index contributed by atoms with van der Waals surface area (Å²) in [5.74, 6) is 0.934. The highest BCUT2D eigenvalue weighted by Gasteiger charge is 2.18. The first-order valence-electron chi connectivity index (χ1n) is 11.9. The number of hydrogen-bond acceptors (Lipinski definition) is 11. The van der Waals surface area contributed by atoms with Gasteiger partial charge in [0.2, 0.25) is 6.41 Å². The largest absolute Gasteiger partial charge is 0.480 e. The molecular weight excluding hydrogens is 504 g/mol. The number of anilines is 1. The number of aliphatic hydroxyl groups excluding tert-OH is 1. The molecule has 0 bridgehead atoms. The summed E-state index contributed by atoms with van der Waals surface area (Å²) < 4.78 is 5.63. The Morgan fingerprint density at radius 3 is 2.72 bits per heavy atom. The number of aliphatic carboxylic acids is 1. The molecule has 1 aromatic rings. The highest BCUT2D eigenvalue weighted by Crippen LogP contribution is 2.37. The van der Waals surface area contributed by atoms with Crippen LogP contribution >= 0.6 is 21.6 Å². The number of unbranched alkanes of at least 4 members (excludes halogenated alkanes) is 1. The number of nitrogen functional groups attached to an aromatic ring is 1. The predicted octanol–water partition coefficient (Wildman–Crippen LogP) is 2.03. The van der Waals surface area contributed by atoms with Gasteiger partial charge < -0.3 is 37.1 Å². The fourth-order valence-electron chi connectivity index (χ4n) is 3.19. The van der Waals surface area contributed by atoms with Crippen molar-refractivity contribution in [3.8, 4) is 0 Å². The minimum absolute atomic E-state index is 0.0304. The van der Waals surface area contributed by atoms with Gasteiger partial charge in [-0.3, -0.25) is 9.59 Å². The zero-order valence-corrected chi connectivity index (χ0v) is 22.7. The van der Waals surface area contributed by atoms with Crippen LogP contribution in [0.5, 0.6) is 0 Å². The number of carbonyl (C=O) groups is 2. The summed E-state index contributed by atoms with van der Waals surface area (Å²) in [4.78, 5) is 32.6. The van der Waals surface area contributed by atoms with E-state index in [4.69, 9.17) is 27.0 Å². The third-order valence-electron chi connectivity index (χ3n) is 5.38. The van der Waals surface area contributed by atoms with Crippen molar-refractivity contribution in [1.82, 2.24) is 14.9 Å². The molecule has 1 aliphatic heterocycles. The summed E-state index contributed by atoms with van der Waals surface area (Å²) >= 11 is 0. The van der Waals surface area contributed by atoms with Crippen molar-refractivity contribution in [3.05, 3.63) is 28.2 Å². The van der Waals surface area contributed by atoms with Gasteiger partial charge in [-0.25, -0.2) is 9.97 Å². The molecule has 2 unspecified atom stereocenters. The number of aryl methyl sites for hydroxylation is 1. The Kier molecular flexibility index (Phi) is 16.4. The highest BCUT2D eigenvalue weighted by molar-refractivity contribution is 8.78. The minimum atomic E-state index is -0.933. The van der Waals surface area contributed by atoms with Crippen LogP contribution in [-0.2, 0) is 20.9 Å². The molecular formula is C23H40N6O5S2. The molecule has 1 aromatic heterocycles. The first-order chi connectivity index (χ1) is 17.2. The quantitative estimate of drug-likeness (QED) is 0.123. The predicted molar refractivity (Wildman–Crippen MR) is 145 cm³/mol. The number of nitrogens with zero attached hydrogens (tertiary/aromatic N) is 3. The molecule has 1 fully saturated rings.